The van der Waals surface area contributed by atoms with Crippen LogP contribution < -0.4 is 5.32 Å². The molecule has 0 saturated carbocycles. The maximum absolute atomic E-state index is 11.0. The van der Waals surface area contributed by atoms with E-state index in [2.05, 4.69) is 10.5 Å². The third-order valence-electron chi connectivity index (χ3n) is 1.84. The van der Waals surface area contributed by atoms with Crippen LogP contribution in [0.4, 0.5) is 5.82 Å². The van der Waals surface area contributed by atoms with Gasteiger partial charge in [-0.05, 0) is 0 Å². The normalized spacial score (nSPS) is 11.4. The van der Waals surface area contributed by atoms with Crippen LogP contribution in [-0.4, -0.2) is 11.1 Å². The average molecular weight is 196 g/mol. The van der Waals surface area contributed by atoms with Gasteiger partial charge in [-0.1, -0.05) is 32.9 Å². The first-order chi connectivity index (χ1) is 6.43. The highest BCUT2D eigenvalue weighted by Crippen LogP contribution is 2.24. The second-order valence-electron chi connectivity index (χ2n) is 4.23. The molecule has 4 nitrogen and oxygen atoms in total. The molecule has 4 heteroatoms. The van der Waals surface area contributed by atoms with E-state index in [1.54, 1.807) is 13.0 Å². The number of anilines is 1. The smallest absolute Gasteiger partial charge is 0.225 e. The molecular formula is C10H16N2O2. The van der Waals surface area contributed by atoms with Crippen molar-refractivity contribution in [2.45, 2.75) is 39.5 Å². The Morgan fingerprint density at radius 1 is 1.57 bits per heavy atom. The highest BCUT2D eigenvalue weighted by Gasteiger charge is 2.19. The van der Waals surface area contributed by atoms with E-state index in [0.717, 1.165) is 5.76 Å². The van der Waals surface area contributed by atoms with Crippen LogP contribution in [0.5, 0.6) is 0 Å². The number of amides is 1. The number of nitrogens with zero attached hydrogens (tertiary/aromatic N) is 1. The van der Waals surface area contributed by atoms with Crippen molar-refractivity contribution in [3.8, 4) is 0 Å². The second kappa shape index (κ2) is 3.82. The number of hydrogen-bond acceptors (Lipinski definition) is 3. The molecule has 0 aliphatic carbocycles. The quantitative estimate of drug-likeness (QED) is 0.789. The van der Waals surface area contributed by atoms with E-state index in [1.807, 2.05) is 20.8 Å². The predicted molar refractivity (Wildman–Crippen MR) is 54.1 cm³/mol. The van der Waals surface area contributed by atoms with Crippen LogP contribution in [0.3, 0.4) is 0 Å². The molecule has 14 heavy (non-hydrogen) atoms. The zero-order valence-corrected chi connectivity index (χ0v) is 9.05. The zero-order chi connectivity index (χ0) is 10.8. The molecule has 1 aromatic heterocycles. The van der Waals surface area contributed by atoms with Gasteiger partial charge >= 0.3 is 0 Å². The molecular weight excluding hydrogens is 180 g/mol. The Morgan fingerprint density at radius 2 is 2.21 bits per heavy atom. The third kappa shape index (κ3) is 2.58. The predicted octanol–water partition coefficient (Wildman–Crippen LogP) is 2.32. The van der Waals surface area contributed by atoms with Crippen molar-refractivity contribution in [3.63, 3.8) is 0 Å². The Morgan fingerprint density at radius 3 is 2.64 bits per heavy atom. The molecule has 0 radical (unpaired) electrons. The summed E-state index contributed by atoms with van der Waals surface area (Å²) in [4.78, 5) is 11.0. The summed E-state index contributed by atoms with van der Waals surface area (Å²) < 4.78 is 5.11. The molecule has 78 valence electrons. The Labute approximate surface area is 83.7 Å². The molecule has 1 heterocycles. The average Bonchev–Trinajstić information content (AvgIpc) is 2.51. The molecule has 0 unspecified atom stereocenters. The number of aromatic nitrogens is 1. The SMILES string of the molecule is CCC(=O)Nc1cc(C(C)(C)C)on1. The molecule has 0 bridgehead atoms. The lowest BCUT2D eigenvalue weighted by atomic mass is 9.93. The third-order valence-corrected chi connectivity index (χ3v) is 1.84. The summed E-state index contributed by atoms with van der Waals surface area (Å²) in [6.07, 6.45) is 0.442. The van der Waals surface area contributed by atoms with Gasteiger partial charge in [-0.25, -0.2) is 0 Å². The van der Waals surface area contributed by atoms with Gasteiger partial charge in [-0.2, -0.15) is 0 Å². The van der Waals surface area contributed by atoms with Crippen molar-refractivity contribution in [1.82, 2.24) is 5.16 Å². The largest absolute Gasteiger partial charge is 0.359 e. The molecule has 0 aliphatic rings. The first-order valence-electron chi connectivity index (χ1n) is 4.70. The summed E-state index contributed by atoms with van der Waals surface area (Å²) in [7, 11) is 0. The monoisotopic (exact) mass is 196 g/mol. The van der Waals surface area contributed by atoms with Crippen LogP contribution in [0.15, 0.2) is 10.6 Å². The van der Waals surface area contributed by atoms with Gasteiger partial charge in [0.25, 0.3) is 0 Å². The number of rotatable bonds is 2. The summed E-state index contributed by atoms with van der Waals surface area (Å²) in [5.41, 5.74) is -0.0812. The van der Waals surface area contributed by atoms with E-state index in [1.165, 1.54) is 0 Å². The summed E-state index contributed by atoms with van der Waals surface area (Å²) in [5, 5.41) is 6.40. The maximum atomic E-state index is 11.0. The molecule has 1 rings (SSSR count). The van der Waals surface area contributed by atoms with Crippen LogP contribution in [0.2, 0.25) is 0 Å². The second-order valence-corrected chi connectivity index (χ2v) is 4.23. The van der Waals surface area contributed by atoms with Crippen LogP contribution >= 0.6 is 0 Å². The van der Waals surface area contributed by atoms with E-state index in [9.17, 15) is 4.79 Å². The van der Waals surface area contributed by atoms with Crippen LogP contribution in [0.25, 0.3) is 0 Å². The first-order valence-corrected chi connectivity index (χ1v) is 4.70. The molecule has 0 spiro atoms. The van der Waals surface area contributed by atoms with Crippen LogP contribution in [0, 0.1) is 0 Å². The minimum absolute atomic E-state index is 0.0567. The first kappa shape index (κ1) is 10.8. The minimum atomic E-state index is -0.0812. The van der Waals surface area contributed by atoms with Crippen molar-refractivity contribution in [3.05, 3.63) is 11.8 Å². The van der Waals surface area contributed by atoms with E-state index < -0.39 is 0 Å². The highest BCUT2D eigenvalue weighted by atomic mass is 16.5. The Balaban J connectivity index is 2.74. The molecule has 0 saturated heterocycles. The van der Waals surface area contributed by atoms with Gasteiger partial charge < -0.3 is 9.84 Å². The Hall–Kier alpha value is -1.32. The maximum Gasteiger partial charge on any atom is 0.225 e. The van der Waals surface area contributed by atoms with Gasteiger partial charge in [-0.15, -0.1) is 0 Å². The van der Waals surface area contributed by atoms with Gasteiger partial charge in [0.05, 0.1) is 0 Å². The number of carbonyl (C=O) groups excluding carboxylic acids is 1. The molecule has 1 N–H and O–H groups in total. The molecule has 0 atom stereocenters. The van der Waals surface area contributed by atoms with Crippen molar-refractivity contribution < 1.29 is 9.32 Å². The minimum Gasteiger partial charge on any atom is -0.359 e. The lowest BCUT2D eigenvalue weighted by Gasteiger charge is -2.11. The van der Waals surface area contributed by atoms with E-state index in [-0.39, 0.29) is 11.3 Å². The summed E-state index contributed by atoms with van der Waals surface area (Å²) in [6.45, 7) is 7.87. The summed E-state index contributed by atoms with van der Waals surface area (Å²) in [5.74, 6) is 1.20. The Kier molecular flexibility index (Phi) is 2.93. The van der Waals surface area contributed by atoms with E-state index >= 15 is 0 Å². The Bertz CT molecular complexity index is 323. The van der Waals surface area contributed by atoms with Gasteiger partial charge in [0, 0.05) is 17.9 Å². The number of nitrogens with one attached hydrogen (secondary N) is 1. The molecule has 1 aromatic rings. The van der Waals surface area contributed by atoms with Crippen molar-refractivity contribution in [2.24, 2.45) is 0 Å². The van der Waals surface area contributed by atoms with Crippen molar-refractivity contribution in [1.29, 1.82) is 0 Å². The van der Waals surface area contributed by atoms with Gasteiger partial charge in [0.15, 0.2) is 5.82 Å². The lowest BCUT2D eigenvalue weighted by molar-refractivity contribution is -0.115. The molecule has 0 aromatic carbocycles. The fraction of sp³-hybridized carbons (Fsp3) is 0.600. The van der Waals surface area contributed by atoms with E-state index in [4.69, 9.17) is 4.52 Å². The summed E-state index contributed by atoms with van der Waals surface area (Å²) >= 11 is 0. The number of hydrogen-bond donors (Lipinski definition) is 1. The highest BCUT2D eigenvalue weighted by molar-refractivity contribution is 5.89. The van der Waals surface area contributed by atoms with Crippen molar-refractivity contribution >= 4 is 11.7 Å². The lowest BCUT2D eigenvalue weighted by Crippen LogP contribution is -2.10. The fourth-order valence-electron chi connectivity index (χ4n) is 0.919. The van der Waals surface area contributed by atoms with Crippen LogP contribution in [-0.2, 0) is 10.2 Å². The van der Waals surface area contributed by atoms with E-state index in [0.29, 0.717) is 12.2 Å². The van der Waals surface area contributed by atoms with Crippen molar-refractivity contribution in [2.75, 3.05) is 5.32 Å². The zero-order valence-electron chi connectivity index (χ0n) is 9.05. The topological polar surface area (TPSA) is 55.1 Å². The van der Waals surface area contributed by atoms with Gasteiger partial charge in [-0.3, -0.25) is 4.79 Å². The van der Waals surface area contributed by atoms with Gasteiger partial charge in [0.2, 0.25) is 5.91 Å². The molecule has 1 amide bonds. The van der Waals surface area contributed by atoms with Gasteiger partial charge in [0.1, 0.15) is 5.76 Å². The fourth-order valence-corrected chi connectivity index (χ4v) is 0.919. The van der Waals surface area contributed by atoms with Crippen LogP contribution in [0.1, 0.15) is 39.9 Å². The number of carbonyl (C=O) groups is 1. The standard InChI is InChI=1S/C10H16N2O2/c1-5-9(13)11-8-6-7(14-12-8)10(2,3)4/h6H,5H2,1-4H3,(H,11,12,13). The molecule has 0 aliphatic heterocycles. The molecule has 0 fully saturated rings. The summed E-state index contributed by atoms with van der Waals surface area (Å²) in [6, 6.07) is 1.76.